The summed E-state index contributed by atoms with van der Waals surface area (Å²) in [4.78, 5) is 29.0. The Morgan fingerprint density at radius 1 is 1.17 bits per heavy atom. The number of likely N-dealkylation sites (N-methyl/N-ethyl adjacent to an activating group) is 1. The van der Waals surface area contributed by atoms with Gasteiger partial charge in [0.1, 0.15) is 11.8 Å². The maximum Gasteiger partial charge on any atom is 0.268 e. The molecule has 1 aliphatic rings. The van der Waals surface area contributed by atoms with Crippen LogP contribution in [0.4, 0.5) is 5.69 Å². The standard InChI is InChI=1S/C22H26N2O5/c1-14(24-17-8-6-7-9-18(17)29-15(2)22(24)26)21(25)23(3)13-16-10-11-19(27-4)20(12-16)28-5/h6-12,14-15H,13H2,1-5H3/t14-,15-/m0/s1. The molecule has 0 unspecified atom stereocenters. The topological polar surface area (TPSA) is 68.3 Å². The van der Waals surface area contributed by atoms with Gasteiger partial charge in [-0.3, -0.25) is 14.5 Å². The molecule has 7 nitrogen and oxygen atoms in total. The highest BCUT2D eigenvalue weighted by Crippen LogP contribution is 2.35. The summed E-state index contributed by atoms with van der Waals surface area (Å²) in [5, 5.41) is 0. The lowest BCUT2D eigenvalue weighted by Crippen LogP contribution is -2.54. The number of benzene rings is 2. The summed E-state index contributed by atoms with van der Waals surface area (Å²) >= 11 is 0. The van der Waals surface area contributed by atoms with Crippen LogP contribution in [-0.2, 0) is 16.1 Å². The lowest BCUT2D eigenvalue weighted by molar-refractivity contribution is -0.135. The molecule has 1 heterocycles. The van der Waals surface area contributed by atoms with E-state index in [1.165, 1.54) is 4.90 Å². The van der Waals surface area contributed by atoms with Gasteiger partial charge in [-0.2, -0.15) is 0 Å². The molecule has 0 saturated carbocycles. The van der Waals surface area contributed by atoms with Gasteiger partial charge in [-0.1, -0.05) is 18.2 Å². The molecular weight excluding hydrogens is 372 g/mol. The monoisotopic (exact) mass is 398 g/mol. The third kappa shape index (κ3) is 3.99. The third-order valence-electron chi connectivity index (χ3n) is 5.00. The van der Waals surface area contributed by atoms with Crippen LogP contribution in [0.15, 0.2) is 42.5 Å². The number of amides is 2. The van der Waals surface area contributed by atoms with Gasteiger partial charge in [-0.15, -0.1) is 0 Å². The number of hydrogen-bond acceptors (Lipinski definition) is 5. The first-order valence-corrected chi connectivity index (χ1v) is 9.42. The van der Waals surface area contributed by atoms with Gasteiger partial charge < -0.3 is 19.1 Å². The van der Waals surface area contributed by atoms with Gasteiger partial charge in [0, 0.05) is 13.6 Å². The average molecular weight is 398 g/mol. The fourth-order valence-corrected chi connectivity index (χ4v) is 3.47. The Hall–Kier alpha value is -3.22. The number of carbonyl (C=O) groups excluding carboxylic acids is 2. The molecule has 0 aromatic heterocycles. The van der Waals surface area contributed by atoms with Gasteiger partial charge in [-0.05, 0) is 43.7 Å². The van der Waals surface area contributed by atoms with Crippen LogP contribution in [0.2, 0.25) is 0 Å². The number of carbonyl (C=O) groups is 2. The summed E-state index contributed by atoms with van der Waals surface area (Å²) in [7, 11) is 4.87. The number of rotatable bonds is 6. The van der Waals surface area contributed by atoms with Crippen molar-refractivity contribution in [3.63, 3.8) is 0 Å². The predicted molar refractivity (Wildman–Crippen MR) is 110 cm³/mol. The molecule has 0 fully saturated rings. The molecule has 1 aliphatic heterocycles. The Morgan fingerprint density at radius 2 is 1.86 bits per heavy atom. The van der Waals surface area contributed by atoms with E-state index >= 15 is 0 Å². The molecule has 3 rings (SSSR count). The van der Waals surface area contributed by atoms with Crippen LogP contribution in [0.1, 0.15) is 19.4 Å². The van der Waals surface area contributed by atoms with Gasteiger partial charge in [0.15, 0.2) is 17.6 Å². The van der Waals surface area contributed by atoms with Crippen molar-refractivity contribution in [2.45, 2.75) is 32.5 Å². The van der Waals surface area contributed by atoms with E-state index in [1.54, 1.807) is 58.2 Å². The predicted octanol–water partition coefficient (Wildman–Crippen LogP) is 2.86. The molecule has 2 aromatic rings. The number of hydrogen-bond donors (Lipinski definition) is 0. The van der Waals surface area contributed by atoms with Crippen molar-refractivity contribution < 1.29 is 23.8 Å². The molecule has 0 saturated heterocycles. The molecule has 0 radical (unpaired) electrons. The molecule has 0 spiro atoms. The zero-order valence-corrected chi connectivity index (χ0v) is 17.3. The fourth-order valence-electron chi connectivity index (χ4n) is 3.47. The van der Waals surface area contributed by atoms with Gasteiger partial charge in [0.2, 0.25) is 5.91 Å². The quantitative estimate of drug-likeness (QED) is 0.749. The van der Waals surface area contributed by atoms with Crippen LogP contribution in [0.25, 0.3) is 0 Å². The third-order valence-corrected chi connectivity index (χ3v) is 5.00. The van der Waals surface area contributed by atoms with E-state index in [1.807, 2.05) is 24.3 Å². The van der Waals surface area contributed by atoms with Gasteiger partial charge in [0.25, 0.3) is 5.91 Å². The number of nitrogens with zero attached hydrogens (tertiary/aromatic N) is 2. The summed E-state index contributed by atoms with van der Waals surface area (Å²) in [5.74, 6) is 1.43. The zero-order chi connectivity index (χ0) is 21.1. The largest absolute Gasteiger partial charge is 0.493 e. The zero-order valence-electron chi connectivity index (χ0n) is 17.3. The van der Waals surface area contributed by atoms with Crippen molar-refractivity contribution in [3.05, 3.63) is 48.0 Å². The molecule has 2 aromatic carbocycles. The number of fused-ring (bicyclic) bond motifs is 1. The molecule has 29 heavy (non-hydrogen) atoms. The maximum absolute atomic E-state index is 13.1. The first-order valence-electron chi connectivity index (χ1n) is 9.42. The van der Waals surface area contributed by atoms with E-state index in [4.69, 9.17) is 14.2 Å². The van der Waals surface area contributed by atoms with Crippen LogP contribution < -0.4 is 19.1 Å². The lowest BCUT2D eigenvalue weighted by atomic mass is 10.1. The minimum Gasteiger partial charge on any atom is -0.493 e. The van der Waals surface area contributed by atoms with Crippen molar-refractivity contribution >= 4 is 17.5 Å². The summed E-state index contributed by atoms with van der Waals surface area (Å²) < 4.78 is 16.3. The van der Waals surface area contributed by atoms with E-state index in [-0.39, 0.29) is 11.8 Å². The van der Waals surface area contributed by atoms with Crippen LogP contribution >= 0.6 is 0 Å². The van der Waals surface area contributed by atoms with Gasteiger partial charge in [-0.25, -0.2) is 0 Å². The Balaban J connectivity index is 1.80. The number of anilines is 1. The first-order chi connectivity index (χ1) is 13.9. The smallest absolute Gasteiger partial charge is 0.268 e. The van der Waals surface area contributed by atoms with E-state index in [9.17, 15) is 9.59 Å². The Kier molecular flexibility index (Phi) is 5.96. The van der Waals surface area contributed by atoms with E-state index in [0.29, 0.717) is 29.5 Å². The minimum absolute atomic E-state index is 0.169. The molecule has 7 heteroatoms. The molecule has 2 atom stereocenters. The van der Waals surface area contributed by atoms with Gasteiger partial charge in [0.05, 0.1) is 19.9 Å². The highest BCUT2D eigenvalue weighted by molar-refractivity contribution is 6.05. The minimum atomic E-state index is -0.667. The number of para-hydroxylation sites is 2. The van der Waals surface area contributed by atoms with Crippen molar-refractivity contribution in [1.29, 1.82) is 0 Å². The normalized spacial score (nSPS) is 16.5. The van der Waals surface area contributed by atoms with Crippen LogP contribution in [0.3, 0.4) is 0 Å². The Morgan fingerprint density at radius 3 is 2.55 bits per heavy atom. The van der Waals surface area contributed by atoms with E-state index in [2.05, 4.69) is 0 Å². The molecule has 2 amide bonds. The first kappa shape index (κ1) is 20.5. The van der Waals surface area contributed by atoms with Crippen molar-refractivity contribution in [1.82, 2.24) is 4.90 Å². The average Bonchev–Trinajstić information content (AvgIpc) is 2.73. The molecule has 0 aliphatic carbocycles. The second-order valence-electron chi connectivity index (χ2n) is 7.00. The van der Waals surface area contributed by atoms with E-state index < -0.39 is 12.1 Å². The van der Waals surface area contributed by atoms with Crippen molar-refractivity contribution in [2.24, 2.45) is 0 Å². The highest BCUT2D eigenvalue weighted by atomic mass is 16.5. The summed E-state index contributed by atoms with van der Waals surface area (Å²) in [6.07, 6.45) is -0.642. The van der Waals surface area contributed by atoms with E-state index in [0.717, 1.165) is 5.56 Å². The van der Waals surface area contributed by atoms with Crippen molar-refractivity contribution in [2.75, 3.05) is 26.2 Å². The summed E-state index contributed by atoms with van der Waals surface area (Å²) in [6, 6.07) is 12.1. The fraction of sp³-hybridized carbons (Fsp3) is 0.364. The van der Waals surface area contributed by atoms with Crippen LogP contribution in [0, 0.1) is 0 Å². The highest BCUT2D eigenvalue weighted by Gasteiger charge is 2.37. The molecule has 0 bridgehead atoms. The molecule has 154 valence electrons. The SMILES string of the molecule is COc1ccc(CN(C)C(=O)[C@H](C)N2C(=O)[C@H](C)Oc3ccccc32)cc1OC. The van der Waals surface area contributed by atoms with Crippen LogP contribution in [-0.4, -0.2) is 50.1 Å². The molecule has 0 N–H and O–H groups in total. The maximum atomic E-state index is 13.1. The second kappa shape index (κ2) is 8.43. The Bertz CT molecular complexity index is 914. The second-order valence-corrected chi connectivity index (χ2v) is 7.00. The van der Waals surface area contributed by atoms with Crippen molar-refractivity contribution in [3.8, 4) is 17.2 Å². The number of ether oxygens (including phenoxy) is 3. The van der Waals surface area contributed by atoms with Gasteiger partial charge >= 0.3 is 0 Å². The lowest BCUT2D eigenvalue weighted by Gasteiger charge is -2.37. The Labute approximate surface area is 170 Å². The molecular formula is C22H26N2O5. The number of methoxy groups -OCH3 is 2. The summed E-state index contributed by atoms with van der Waals surface area (Å²) in [5.41, 5.74) is 1.50. The van der Waals surface area contributed by atoms with Crippen LogP contribution in [0.5, 0.6) is 17.2 Å². The summed E-state index contributed by atoms with van der Waals surface area (Å²) in [6.45, 7) is 3.80.